The van der Waals surface area contributed by atoms with E-state index in [1.807, 2.05) is 30.3 Å². The summed E-state index contributed by atoms with van der Waals surface area (Å²) in [5, 5.41) is 13.8. The van der Waals surface area contributed by atoms with Gasteiger partial charge in [0.1, 0.15) is 6.54 Å². The van der Waals surface area contributed by atoms with E-state index in [4.69, 9.17) is 0 Å². The summed E-state index contributed by atoms with van der Waals surface area (Å²) in [6.07, 6.45) is 3.20. The van der Waals surface area contributed by atoms with Gasteiger partial charge in [-0.05, 0) is 24.3 Å². The molecule has 1 aliphatic rings. The zero-order valence-corrected chi connectivity index (χ0v) is 12.9. The van der Waals surface area contributed by atoms with Gasteiger partial charge in [-0.25, -0.2) is 0 Å². The van der Waals surface area contributed by atoms with Crippen molar-refractivity contribution >= 4 is 11.6 Å². The molecule has 2 aromatic rings. The van der Waals surface area contributed by atoms with E-state index in [0.29, 0.717) is 5.92 Å². The molecule has 0 spiro atoms. The molecule has 7 nitrogen and oxygen atoms in total. The summed E-state index contributed by atoms with van der Waals surface area (Å²) in [6, 6.07) is 11.8. The molecule has 1 heterocycles. The zero-order chi connectivity index (χ0) is 17.1. The Bertz CT molecular complexity index is 812. The summed E-state index contributed by atoms with van der Waals surface area (Å²) in [5.74, 6) is 0.0662. The number of benzene rings is 1. The molecule has 24 heavy (non-hydrogen) atoms. The predicted molar refractivity (Wildman–Crippen MR) is 87.4 cm³/mol. The highest BCUT2D eigenvalue weighted by atomic mass is 16.6. The molecule has 3 rings (SSSR count). The number of pyridine rings is 1. The summed E-state index contributed by atoms with van der Waals surface area (Å²) < 4.78 is 1.06. The molecule has 1 aliphatic carbocycles. The quantitative estimate of drug-likeness (QED) is 0.649. The third kappa shape index (κ3) is 3.68. The van der Waals surface area contributed by atoms with Gasteiger partial charge in [0.15, 0.2) is 0 Å². The van der Waals surface area contributed by atoms with Gasteiger partial charge >= 0.3 is 0 Å². The Morgan fingerprint density at radius 3 is 2.58 bits per heavy atom. The second-order valence-corrected chi connectivity index (χ2v) is 5.90. The fourth-order valence-electron chi connectivity index (χ4n) is 2.69. The lowest BCUT2D eigenvalue weighted by molar-refractivity contribution is -0.385. The van der Waals surface area contributed by atoms with E-state index in [2.05, 4.69) is 5.32 Å². The highest BCUT2D eigenvalue weighted by molar-refractivity contribution is 5.76. The van der Waals surface area contributed by atoms with Crippen molar-refractivity contribution in [1.29, 1.82) is 0 Å². The van der Waals surface area contributed by atoms with Crippen LogP contribution in [0.15, 0.2) is 53.5 Å². The van der Waals surface area contributed by atoms with Crippen LogP contribution in [0.4, 0.5) is 5.69 Å². The number of nitrogens with one attached hydrogen (secondary N) is 1. The van der Waals surface area contributed by atoms with E-state index in [9.17, 15) is 19.7 Å². The molecule has 1 aromatic carbocycles. The summed E-state index contributed by atoms with van der Waals surface area (Å²) in [7, 11) is 0. The normalized spacial score (nSPS) is 14.8. The van der Waals surface area contributed by atoms with Crippen molar-refractivity contribution in [1.82, 2.24) is 9.88 Å². The van der Waals surface area contributed by atoms with Crippen LogP contribution in [0.25, 0.3) is 0 Å². The molecule has 0 radical (unpaired) electrons. The van der Waals surface area contributed by atoms with E-state index in [1.54, 1.807) is 0 Å². The van der Waals surface area contributed by atoms with Gasteiger partial charge < -0.3 is 5.32 Å². The first-order chi connectivity index (χ1) is 11.5. The van der Waals surface area contributed by atoms with Crippen molar-refractivity contribution in [2.45, 2.75) is 25.4 Å². The van der Waals surface area contributed by atoms with Crippen LogP contribution >= 0.6 is 0 Å². The molecule has 1 saturated carbocycles. The Kier molecular flexibility index (Phi) is 4.41. The molecule has 1 unspecified atom stereocenters. The highest BCUT2D eigenvalue weighted by Crippen LogP contribution is 2.40. The van der Waals surface area contributed by atoms with E-state index < -0.39 is 10.5 Å². The Balaban J connectivity index is 1.74. The smallest absolute Gasteiger partial charge is 0.285 e. The van der Waals surface area contributed by atoms with Crippen molar-refractivity contribution in [2.24, 2.45) is 5.92 Å². The Labute approximate surface area is 138 Å². The first kappa shape index (κ1) is 15.9. The average molecular weight is 327 g/mol. The van der Waals surface area contributed by atoms with Gasteiger partial charge in [-0.15, -0.1) is 0 Å². The monoisotopic (exact) mass is 327 g/mol. The number of hydrogen-bond donors (Lipinski definition) is 1. The largest absolute Gasteiger partial charge is 0.347 e. The Morgan fingerprint density at radius 1 is 1.25 bits per heavy atom. The molecular weight excluding hydrogens is 310 g/mol. The third-order valence-corrected chi connectivity index (χ3v) is 4.06. The average Bonchev–Trinajstić information content (AvgIpc) is 3.40. The summed E-state index contributed by atoms with van der Waals surface area (Å²) in [4.78, 5) is 34.3. The van der Waals surface area contributed by atoms with Gasteiger partial charge in [0, 0.05) is 12.1 Å². The van der Waals surface area contributed by atoms with Crippen LogP contribution in [0.3, 0.4) is 0 Å². The third-order valence-electron chi connectivity index (χ3n) is 4.06. The molecule has 1 atom stereocenters. The number of nitro groups is 1. The molecule has 0 aliphatic heterocycles. The van der Waals surface area contributed by atoms with Gasteiger partial charge in [0.25, 0.3) is 11.2 Å². The molecule has 0 saturated heterocycles. The summed E-state index contributed by atoms with van der Waals surface area (Å²) >= 11 is 0. The maximum atomic E-state index is 12.3. The number of nitrogens with zero attached hydrogens (tertiary/aromatic N) is 2. The minimum absolute atomic E-state index is 0.0897. The number of rotatable bonds is 6. The molecule has 1 fully saturated rings. The van der Waals surface area contributed by atoms with Gasteiger partial charge in [0.2, 0.25) is 5.91 Å². The molecule has 1 amide bonds. The van der Waals surface area contributed by atoms with Crippen LogP contribution in [-0.2, 0) is 11.3 Å². The standard InChI is InChI=1S/C17H17N3O4/c21-15(11-19-10-14(20(23)24)8-9-16(19)22)18-17(13-6-7-13)12-4-2-1-3-5-12/h1-5,8-10,13,17H,6-7,11H2,(H,18,21). The van der Waals surface area contributed by atoms with Crippen LogP contribution in [-0.4, -0.2) is 15.4 Å². The van der Waals surface area contributed by atoms with Crippen molar-refractivity contribution in [3.63, 3.8) is 0 Å². The lowest BCUT2D eigenvalue weighted by atomic mass is 10.0. The SMILES string of the molecule is O=C(Cn1cc([N+](=O)[O-])ccc1=O)NC(c1ccccc1)C1CC1. The predicted octanol–water partition coefficient (Wildman–Crippen LogP) is 2.02. The van der Waals surface area contributed by atoms with Gasteiger partial charge in [0.05, 0.1) is 17.2 Å². The highest BCUT2D eigenvalue weighted by Gasteiger charge is 2.33. The fourth-order valence-corrected chi connectivity index (χ4v) is 2.69. The van der Waals surface area contributed by atoms with Gasteiger partial charge in [-0.1, -0.05) is 30.3 Å². The topological polar surface area (TPSA) is 94.2 Å². The molecule has 0 bridgehead atoms. The summed E-state index contributed by atoms with van der Waals surface area (Å²) in [6.45, 7) is -0.240. The number of carbonyl (C=O) groups is 1. The lowest BCUT2D eigenvalue weighted by Gasteiger charge is -2.19. The maximum absolute atomic E-state index is 12.3. The number of hydrogen-bond acceptors (Lipinski definition) is 4. The maximum Gasteiger partial charge on any atom is 0.285 e. The fraction of sp³-hybridized carbons (Fsp3) is 0.294. The lowest BCUT2D eigenvalue weighted by Crippen LogP contribution is -2.35. The van der Waals surface area contributed by atoms with Crippen LogP contribution in [0, 0.1) is 16.0 Å². The van der Waals surface area contributed by atoms with E-state index in [1.165, 1.54) is 0 Å². The van der Waals surface area contributed by atoms with Crippen molar-refractivity contribution < 1.29 is 9.72 Å². The minimum Gasteiger partial charge on any atom is -0.347 e. The van der Waals surface area contributed by atoms with Crippen molar-refractivity contribution in [3.8, 4) is 0 Å². The molecule has 1 N–H and O–H groups in total. The zero-order valence-electron chi connectivity index (χ0n) is 12.9. The number of carbonyl (C=O) groups excluding carboxylic acids is 1. The van der Waals surface area contributed by atoms with Crippen LogP contribution in [0.2, 0.25) is 0 Å². The van der Waals surface area contributed by atoms with E-state index in [-0.39, 0.29) is 24.2 Å². The summed E-state index contributed by atoms with van der Waals surface area (Å²) in [5.41, 5.74) is 0.363. The first-order valence-corrected chi connectivity index (χ1v) is 7.74. The first-order valence-electron chi connectivity index (χ1n) is 7.74. The van der Waals surface area contributed by atoms with Crippen LogP contribution < -0.4 is 10.9 Å². The van der Waals surface area contributed by atoms with Crippen LogP contribution in [0.5, 0.6) is 0 Å². The second kappa shape index (κ2) is 6.66. The van der Waals surface area contributed by atoms with Gasteiger partial charge in [-0.2, -0.15) is 0 Å². The Morgan fingerprint density at radius 2 is 1.96 bits per heavy atom. The van der Waals surface area contributed by atoms with E-state index in [0.717, 1.165) is 41.3 Å². The number of aromatic nitrogens is 1. The molecule has 1 aromatic heterocycles. The molecular formula is C17H17N3O4. The van der Waals surface area contributed by atoms with E-state index >= 15 is 0 Å². The number of amides is 1. The van der Waals surface area contributed by atoms with Gasteiger partial charge in [-0.3, -0.25) is 24.3 Å². The minimum atomic E-state index is -0.592. The second-order valence-electron chi connectivity index (χ2n) is 5.90. The molecule has 7 heteroatoms. The molecule has 124 valence electrons. The van der Waals surface area contributed by atoms with Crippen LogP contribution in [0.1, 0.15) is 24.4 Å². The van der Waals surface area contributed by atoms with Crippen molar-refractivity contribution in [3.05, 3.63) is 74.7 Å². The Hall–Kier alpha value is -2.96. The van der Waals surface area contributed by atoms with Crippen molar-refractivity contribution in [2.75, 3.05) is 0 Å².